The van der Waals surface area contributed by atoms with Crippen LogP contribution in [0.4, 0.5) is 0 Å². The first-order valence-corrected chi connectivity index (χ1v) is 0. The third kappa shape index (κ3) is 18.3. The Morgan fingerprint density at radius 1 is 1.00 bits per heavy atom. The third-order valence-electron chi connectivity index (χ3n) is 0. The van der Waals surface area contributed by atoms with Crippen LogP contribution in [0.2, 0.25) is 0 Å². The fourth-order valence-electron chi connectivity index (χ4n) is 0. The summed E-state index contributed by atoms with van der Waals surface area (Å²) in [5.74, 6) is 0. The van der Waals surface area contributed by atoms with Crippen LogP contribution < -0.4 is 0 Å². The zero-order valence-corrected chi connectivity index (χ0v) is 5.23. The van der Waals surface area contributed by atoms with Gasteiger partial charge in [-0.1, -0.05) is 0 Å². The predicted molar refractivity (Wildman–Crippen MR) is 27.0 cm³/mol. The summed E-state index contributed by atoms with van der Waals surface area (Å²) in [6.07, 6.45) is 0. The van der Waals surface area contributed by atoms with Crippen LogP contribution >= 0.6 is 0 Å². The molecule has 0 rings (SSSR count). The van der Waals surface area contributed by atoms with E-state index in [1.807, 2.05) is 0 Å². The molecule has 0 aromatic heterocycles. The van der Waals surface area contributed by atoms with Crippen molar-refractivity contribution in [2.24, 2.45) is 0 Å². The topological polar surface area (TPSA) is 0 Å². The fourth-order valence-corrected chi connectivity index (χ4v) is 0. The standard InChI is InChI=1S/Al.Ca.Mg.Mn.Zn.7H. The molecule has 5 heteroatoms. The second-order valence-electron chi connectivity index (χ2n) is 0. The smallest absolute Gasteiger partial charge is 0 e. The molecule has 0 N–H and O–H groups in total. The minimum Gasteiger partial charge on any atom is 0 e. The van der Waals surface area contributed by atoms with Crippen molar-refractivity contribution >= 4 is 78.2 Å². The first-order chi connectivity index (χ1) is 0. The van der Waals surface area contributed by atoms with Crippen molar-refractivity contribution in [3.63, 3.8) is 0 Å². The molecule has 0 nitrogen and oxygen atoms in total. The summed E-state index contributed by atoms with van der Waals surface area (Å²) in [6.45, 7) is 0. The number of rotatable bonds is 0. The van der Waals surface area contributed by atoms with Crippen LogP contribution in [0, 0.1) is 0 Å². The fraction of sp³-hybridized carbons (Fsp3) is 0. The van der Waals surface area contributed by atoms with Crippen LogP contribution in [0.25, 0.3) is 0 Å². The van der Waals surface area contributed by atoms with Crippen molar-refractivity contribution in [2.45, 2.75) is 0 Å². The zero-order valence-electron chi connectivity index (χ0n) is 1.09. The summed E-state index contributed by atoms with van der Waals surface area (Å²) in [7, 11) is 0. The van der Waals surface area contributed by atoms with Gasteiger partial charge in [0.15, 0.2) is 17.4 Å². The van der Waals surface area contributed by atoms with Gasteiger partial charge in [0, 0.05) is 36.5 Å². The largest absolute Gasteiger partial charge is 0.316 e. The second-order valence-corrected chi connectivity index (χ2v) is 0. The van der Waals surface area contributed by atoms with E-state index in [0.717, 1.165) is 0 Å². The molecule has 5 heavy (non-hydrogen) atoms. The maximum Gasteiger partial charge on any atom is 0.316 e. The van der Waals surface area contributed by atoms with E-state index in [2.05, 4.69) is 0 Å². The maximum absolute atomic E-state index is 0. The van der Waals surface area contributed by atoms with E-state index in [1.165, 1.54) is 0 Å². The molecule has 0 atom stereocenters. The quantitative estimate of drug-likeness (QED) is 0.380. The van der Waals surface area contributed by atoms with Crippen molar-refractivity contribution in [3.8, 4) is 0 Å². The average molecular weight is 219 g/mol. The van der Waals surface area contributed by atoms with Crippen LogP contribution in [0.3, 0.4) is 0 Å². The molecule has 0 unspecified atom stereocenters. The van der Waals surface area contributed by atoms with Crippen molar-refractivity contribution in [1.29, 1.82) is 0 Å². The minimum atomic E-state index is 0. The molecule has 0 aromatic rings. The first-order valence-electron chi connectivity index (χ1n) is 0. The summed E-state index contributed by atoms with van der Waals surface area (Å²) in [4.78, 5) is 0. The van der Waals surface area contributed by atoms with Crippen molar-refractivity contribution in [2.75, 3.05) is 0 Å². The van der Waals surface area contributed by atoms with Gasteiger partial charge >= 0.3 is 60.8 Å². The molecule has 23 valence electrons. The van der Waals surface area contributed by atoms with Gasteiger partial charge in [-0.3, -0.25) is 0 Å². The summed E-state index contributed by atoms with van der Waals surface area (Å²) in [6, 6.07) is 0. The Kier molecular flexibility index (Phi) is 190. The Bertz CT molecular complexity index is 11.6. The van der Waals surface area contributed by atoms with E-state index in [9.17, 15) is 0 Å². The van der Waals surface area contributed by atoms with Crippen molar-refractivity contribution < 1.29 is 36.5 Å². The number of hydrogen-bond acceptors (Lipinski definition) is 0. The SMILES string of the molecule is [AlH3].[CaH2].[MgH2].[Mn].[Zn]. The summed E-state index contributed by atoms with van der Waals surface area (Å²) in [5.41, 5.74) is 0. The van der Waals surface area contributed by atoms with Gasteiger partial charge in [-0.25, -0.2) is 0 Å². The molecule has 0 fully saturated rings. The number of hydrogen-bond donors (Lipinski definition) is 0. The normalized spacial score (nSPS) is 0. The Balaban J connectivity index is 0. The molecular weight excluding hydrogens is 212 g/mol. The van der Waals surface area contributed by atoms with Gasteiger partial charge in [0.25, 0.3) is 0 Å². The van der Waals surface area contributed by atoms with Gasteiger partial charge in [-0.15, -0.1) is 0 Å². The molecule has 0 saturated carbocycles. The van der Waals surface area contributed by atoms with Crippen LogP contribution in [0.15, 0.2) is 0 Å². The molecule has 1 radical (unpaired) electrons. The van der Waals surface area contributed by atoms with Gasteiger partial charge < -0.3 is 0 Å². The molecule has 0 heterocycles. The van der Waals surface area contributed by atoms with Crippen LogP contribution in [-0.4, -0.2) is 78.2 Å². The van der Waals surface area contributed by atoms with E-state index in [4.69, 9.17) is 0 Å². The summed E-state index contributed by atoms with van der Waals surface area (Å²) in [5, 5.41) is 0. The Hall–Kier alpha value is 3.70. The average Bonchev–Trinajstić information content (AvgIpc) is 0. The summed E-state index contributed by atoms with van der Waals surface area (Å²) < 4.78 is 0. The maximum atomic E-state index is 0. The first kappa shape index (κ1) is 37.7. The van der Waals surface area contributed by atoms with Crippen molar-refractivity contribution in [3.05, 3.63) is 0 Å². The molecular formula is H7AlCaMgMnZn. The van der Waals surface area contributed by atoms with E-state index < -0.39 is 0 Å². The molecule has 0 aromatic carbocycles. The van der Waals surface area contributed by atoms with E-state index in [0.29, 0.717) is 0 Å². The van der Waals surface area contributed by atoms with Crippen molar-refractivity contribution in [1.82, 2.24) is 0 Å². The molecule has 0 aliphatic rings. The molecule has 0 amide bonds. The Morgan fingerprint density at radius 2 is 1.00 bits per heavy atom. The molecule has 0 bridgehead atoms. The van der Waals surface area contributed by atoms with Gasteiger partial charge in [0.1, 0.15) is 0 Å². The third-order valence-corrected chi connectivity index (χ3v) is 0. The van der Waals surface area contributed by atoms with Gasteiger partial charge in [-0.2, -0.15) is 0 Å². The molecule has 0 spiro atoms. The molecule has 0 aliphatic heterocycles. The van der Waals surface area contributed by atoms with E-state index in [1.54, 1.807) is 0 Å². The molecule has 0 aliphatic carbocycles. The predicted octanol–water partition coefficient (Wildman–Crippen LogP) is -3.02. The minimum absolute atomic E-state index is 0. The van der Waals surface area contributed by atoms with Crippen LogP contribution in [0.1, 0.15) is 0 Å². The second kappa shape index (κ2) is 25.2. The Labute approximate surface area is 112 Å². The van der Waals surface area contributed by atoms with Gasteiger partial charge in [0.2, 0.25) is 0 Å². The van der Waals surface area contributed by atoms with E-state index in [-0.39, 0.29) is 115 Å². The zero-order chi connectivity index (χ0) is 0. The monoisotopic (exact) mass is 217 g/mol. The Morgan fingerprint density at radius 3 is 1.00 bits per heavy atom. The van der Waals surface area contributed by atoms with E-state index >= 15 is 0 Å². The van der Waals surface area contributed by atoms with Crippen LogP contribution in [0.5, 0.6) is 0 Å². The van der Waals surface area contributed by atoms with Crippen LogP contribution in [-0.2, 0) is 36.5 Å². The summed E-state index contributed by atoms with van der Waals surface area (Å²) >= 11 is 0. The van der Waals surface area contributed by atoms with Gasteiger partial charge in [0.05, 0.1) is 0 Å². The van der Waals surface area contributed by atoms with Gasteiger partial charge in [-0.05, 0) is 0 Å². The molecule has 0 saturated heterocycles.